The van der Waals surface area contributed by atoms with Crippen LogP contribution in [0.5, 0.6) is 5.75 Å². The Labute approximate surface area is 285 Å². The molecule has 6 atom stereocenters. The minimum atomic E-state index is -2.08. The van der Waals surface area contributed by atoms with Crippen molar-refractivity contribution in [3.8, 4) is 5.75 Å². The van der Waals surface area contributed by atoms with E-state index in [0.717, 1.165) is 0 Å². The molecule has 0 bridgehead atoms. The van der Waals surface area contributed by atoms with Crippen molar-refractivity contribution in [3.05, 3.63) is 70.3 Å². The van der Waals surface area contributed by atoms with E-state index in [2.05, 4.69) is 16.0 Å². The second-order valence-electron chi connectivity index (χ2n) is 13.3. The van der Waals surface area contributed by atoms with Gasteiger partial charge in [-0.05, 0) is 69.0 Å². The number of aryl methyl sites for hydroxylation is 2. The summed E-state index contributed by atoms with van der Waals surface area (Å²) < 4.78 is 11.3. The molecule has 1 aliphatic heterocycles. The molecule has 1 heterocycles. The van der Waals surface area contributed by atoms with Crippen molar-refractivity contribution >= 4 is 30.0 Å². The monoisotopic (exact) mass is 685 g/mol. The molecular weight excluding hydrogens is 638 g/mol. The molecule has 1 fully saturated rings. The standard InChI is InChI=1S/C35H47N3O11/c1-19-14-24(15-20(2)28(19)42)31(44)36-18-26(41)29(43)30-27(38-21(3)39)25(40)16-35(48-30,32(45)46)13-9-12-22-10-7-8-11-23(22)17-37-33(47)49-34(4,5)6/h7-12,14-15,25-27,29-30,40-43H,13,16-18H2,1-6H3,(H,36,44)(H,37,47)(H,38,39)(H,45,46)/b12-9+/t25-,26+,27+,29+,30+,35+/m0/s1. The smallest absolute Gasteiger partial charge is 0.407 e. The number of phenols is 1. The molecule has 2 aromatic carbocycles. The second kappa shape index (κ2) is 16.3. The second-order valence-corrected chi connectivity index (χ2v) is 13.3. The Bertz CT molecular complexity index is 1530. The summed E-state index contributed by atoms with van der Waals surface area (Å²) in [6, 6.07) is 8.70. The zero-order valence-corrected chi connectivity index (χ0v) is 28.5. The van der Waals surface area contributed by atoms with Gasteiger partial charge in [-0.2, -0.15) is 0 Å². The summed E-state index contributed by atoms with van der Waals surface area (Å²) in [6.07, 6.45) is -4.87. The molecule has 0 unspecified atom stereocenters. The van der Waals surface area contributed by atoms with Gasteiger partial charge >= 0.3 is 12.1 Å². The number of aromatic hydroxyl groups is 1. The van der Waals surface area contributed by atoms with Crippen LogP contribution in [-0.2, 0) is 25.6 Å². The van der Waals surface area contributed by atoms with Gasteiger partial charge in [0.25, 0.3) is 5.91 Å². The number of amides is 3. The Morgan fingerprint density at radius 2 is 1.71 bits per heavy atom. The number of nitrogens with one attached hydrogen (secondary N) is 3. The van der Waals surface area contributed by atoms with E-state index >= 15 is 0 Å². The highest BCUT2D eigenvalue weighted by atomic mass is 16.6. The predicted molar refractivity (Wildman–Crippen MR) is 179 cm³/mol. The lowest BCUT2D eigenvalue weighted by atomic mass is 9.81. The third-order valence-electron chi connectivity index (χ3n) is 8.01. The van der Waals surface area contributed by atoms with E-state index < -0.39 is 78.5 Å². The van der Waals surface area contributed by atoms with Crippen LogP contribution in [0.2, 0.25) is 0 Å². The van der Waals surface area contributed by atoms with E-state index in [9.17, 15) is 44.7 Å². The lowest BCUT2D eigenvalue weighted by molar-refractivity contribution is -0.226. The van der Waals surface area contributed by atoms with Crippen molar-refractivity contribution < 1.29 is 54.2 Å². The number of carbonyl (C=O) groups is 4. The summed E-state index contributed by atoms with van der Waals surface area (Å²) in [7, 11) is 0. The van der Waals surface area contributed by atoms with Gasteiger partial charge < -0.3 is 51.0 Å². The van der Waals surface area contributed by atoms with Gasteiger partial charge in [0.1, 0.15) is 23.6 Å². The summed E-state index contributed by atoms with van der Waals surface area (Å²) >= 11 is 0. The third kappa shape index (κ3) is 10.5. The molecule has 268 valence electrons. The highest BCUT2D eigenvalue weighted by Crippen LogP contribution is 2.35. The first-order chi connectivity index (χ1) is 22.8. The third-order valence-corrected chi connectivity index (χ3v) is 8.01. The molecular formula is C35H47N3O11. The quantitative estimate of drug-likeness (QED) is 0.161. The van der Waals surface area contributed by atoms with Gasteiger partial charge in [0.15, 0.2) is 5.60 Å². The number of benzene rings is 2. The maximum atomic E-state index is 12.8. The number of hydrogen-bond acceptors (Lipinski definition) is 10. The van der Waals surface area contributed by atoms with Gasteiger partial charge in [-0.3, -0.25) is 9.59 Å². The van der Waals surface area contributed by atoms with E-state index in [1.165, 1.54) is 25.1 Å². The number of alkyl carbamates (subject to hydrolysis) is 1. The molecule has 49 heavy (non-hydrogen) atoms. The average Bonchev–Trinajstić information content (AvgIpc) is 3.01. The van der Waals surface area contributed by atoms with Crippen molar-refractivity contribution in [1.29, 1.82) is 0 Å². The van der Waals surface area contributed by atoms with E-state index in [4.69, 9.17) is 9.47 Å². The first-order valence-corrected chi connectivity index (χ1v) is 15.9. The SMILES string of the molecule is CC(=O)N[C@H]1[C@H]([C@H](O)[C@H](O)CNC(=O)c2cc(C)c(O)c(C)c2)O[C@@](C/C=C/c2ccccc2CNC(=O)OC(C)(C)C)(C(=O)O)C[C@@H]1O. The van der Waals surface area contributed by atoms with Crippen LogP contribution in [0.3, 0.4) is 0 Å². The number of carbonyl (C=O) groups excluding carboxylic acids is 3. The van der Waals surface area contributed by atoms with Gasteiger partial charge in [0, 0.05) is 38.4 Å². The summed E-state index contributed by atoms with van der Waals surface area (Å²) in [5.74, 6) is -2.60. The fourth-order valence-electron chi connectivity index (χ4n) is 5.56. The summed E-state index contributed by atoms with van der Waals surface area (Å²) in [5.41, 5.74) is -0.256. The molecule has 1 saturated heterocycles. The van der Waals surface area contributed by atoms with E-state index in [1.807, 2.05) is 0 Å². The molecule has 0 aliphatic carbocycles. The van der Waals surface area contributed by atoms with E-state index in [-0.39, 0.29) is 24.3 Å². The Balaban J connectivity index is 1.79. The predicted octanol–water partition coefficient (Wildman–Crippen LogP) is 2.07. The number of aliphatic hydroxyl groups excluding tert-OH is 3. The molecule has 14 heteroatoms. The van der Waals surface area contributed by atoms with Crippen molar-refractivity contribution in [2.24, 2.45) is 0 Å². The topological polar surface area (TPSA) is 224 Å². The van der Waals surface area contributed by atoms with Crippen molar-refractivity contribution in [3.63, 3.8) is 0 Å². The zero-order valence-electron chi connectivity index (χ0n) is 28.5. The first-order valence-electron chi connectivity index (χ1n) is 15.9. The first kappa shape index (κ1) is 38.9. The molecule has 0 radical (unpaired) electrons. The lowest BCUT2D eigenvalue weighted by Crippen LogP contribution is -2.67. The Kier molecular flexibility index (Phi) is 12.9. The Morgan fingerprint density at radius 1 is 1.08 bits per heavy atom. The summed E-state index contributed by atoms with van der Waals surface area (Å²) in [4.78, 5) is 49.7. The highest BCUT2D eigenvalue weighted by Gasteiger charge is 2.54. The van der Waals surface area contributed by atoms with E-state index in [0.29, 0.717) is 22.3 Å². The van der Waals surface area contributed by atoms with Crippen LogP contribution >= 0.6 is 0 Å². The summed E-state index contributed by atoms with van der Waals surface area (Å²) in [5, 5.41) is 61.2. The van der Waals surface area contributed by atoms with Crippen LogP contribution in [0.15, 0.2) is 42.5 Å². The number of hydrogen-bond donors (Lipinski definition) is 8. The van der Waals surface area contributed by atoms with Crippen molar-refractivity contribution in [2.45, 2.75) is 103 Å². The lowest BCUT2D eigenvalue weighted by Gasteiger charge is -2.47. The van der Waals surface area contributed by atoms with Gasteiger partial charge in [0.05, 0.1) is 18.2 Å². The van der Waals surface area contributed by atoms with Gasteiger partial charge in [0.2, 0.25) is 5.91 Å². The van der Waals surface area contributed by atoms with Crippen LogP contribution in [0.25, 0.3) is 6.08 Å². The van der Waals surface area contributed by atoms with Gasteiger partial charge in [-0.1, -0.05) is 36.4 Å². The number of phenolic OH excluding ortho intramolecular Hbond substituents is 1. The van der Waals surface area contributed by atoms with Gasteiger partial charge in [-0.15, -0.1) is 0 Å². The maximum absolute atomic E-state index is 12.8. The largest absolute Gasteiger partial charge is 0.507 e. The number of aliphatic hydroxyl groups is 3. The Morgan fingerprint density at radius 3 is 2.31 bits per heavy atom. The molecule has 14 nitrogen and oxygen atoms in total. The average molecular weight is 686 g/mol. The molecule has 0 spiro atoms. The maximum Gasteiger partial charge on any atom is 0.407 e. The minimum absolute atomic E-state index is 0.0418. The van der Waals surface area contributed by atoms with Crippen LogP contribution in [0, 0.1) is 13.8 Å². The highest BCUT2D eigenvalue weighted by molar-refractivity contribution is 5.95. The molecule has 2 aromatic rings. The van der Waals surface area contributed by atoms with Crippen LogP contribution in [0.4, 0.5) is 4.79 Å². The zero-order chi connectivity index (χ0) is 36.7. The molecule has 0 aromatic heterocycles. The number of carboxylic acids is 1. The number of rotatable bonds is 12. The Hall–Kier alpha value is -4.50. The fourth-order valence-corrected chi connectivity index (χ4v) is 5.56. The number of aliphatic carboxylic acids is 1. The molecule has 8 N–H and O–H groups in total. The van der Waals surface area contributed by atoms with Crippen LogP contribution in [0.1, 0.15) is 73.1 Å². The van der Waals surface area contributed by atoms with Crippen molar-refractivity contribution in [1.82, 2.24) is 16.0 Å². The van der Waals surface area contributed by atoms with Crippen molar-refractivity contribution in [2.75, 3.05) is 6.54 Å². The minimum Gasteiger partial charge on any atom is -0.507 e. The number of ether oxygens (including phenoxy) is 2. The van der Waals surface area contributed by atoms with E-state index in [1.54, 1.807) is 65.0 Å². The normalized spacial score (nSPS) is 22.2. The summed E-state index contributed by atoms with van der Waals surface area (Å²) in [6.45, 7) is 9.29. The molecule has 3 rings (SSSR count). The van der Waals surface area contributed by atoms with Gasteiger partial charge in [-0.25, -0.2) is 9.59 Å². The fraction of sp³-hybridized carbons (Fsp3) is 0.486. The van der Waals surface area contributed by atoms with Crippen LogP contribution < -0.4 is 16.0 Å². The van der Waals surface area contributed by atoms with Crippen LogP contribution in [-0.4, -0.2) is 97.6 Å². The molecule has 1 aliphatic rings. The number of carboxylic acid groups (broad SMARTS) is 1. The molecule has 0 saturated carbocycles. The molecule has 3 amide bonds.